The molecule has 21 heavy (non-hydrogen) atoms. The van der Waals surface area contributed by atoms with Crippen molar-refractivity contribution in [3.8, 4) is 0 Å². The van der Waals surface area contributed by atoms with Crippen molar-refractivity contribution >= 4 is 17.5 Å². The standard InChI is InChI=1S/C15H24N4O2/c1-18(2)15(8-5-9-15)10-19(3)13-11(16)6-7-12(17-13)14(20)21-4/h6-7H,5,8-10,16H2,1-4H3. The Balaban J connectivity index is 2.22. The van der Waals surface area contributed by atoms with Crippen molar-refractivity contribution in [3.05, 3.63) is 17.8 Å². The molecule has 1 aromatic heterocycles. The molecule has 0 amide bonds. The molecule has 6 heteroatoms. The second-order valence-electron chi connectivity index (χ2n) is 5.93. The van der Waals surface area contributed by atoms with E-state index in [1.54, 1.807) is 12.1 Å². The smallest absolute Gasteiger partial charge is 0.356 e. The van der Waals surface area contributed by atoms with Gasteiger partial charge in [-0.3, -0.25) is 0 Å². The number of rotatable bonds is 5. The lowest BCUT2D eigenvalue weighted by Gasteiger charge is -2.49. The van der Waals surface area contributed by atoms with Crippen molar-refractivity contribution in [2.75, 3.05) is 45.4 Å². The van der Waals surface area contributed by atoms with E-state index >= 15 is 0 Å². The quantitative estimate of drug-likeness (QED) is 0.827. The van der Waals surface area contributed by atoms with Crippen LogP contribution in [0.2, 0.25) is 0 Å². The minimum Gasteiger partial charge on any atom is -0.464 e. The Hall–Kier alpha value is -1.82. The van der Waals surface area contributed by atoms with E-state index in [9.17, 15) is 4.79 Å². The monoisotopic (exact) mass is 292 g/mol. The third-order valence-electron chi connectivity index (χ3n) is 4.43. The first kappa shape index (κ1) is 15.6. The largest absolute Gasteiger partial charge is 0.464 e. The molecule has 0 radical (unpaired) electrons. The van der Waals surface area contributed by atoms with Crippen LogP contribution in [0, 0.1) is 0 Å². The fraction of sp³-hybridized carbons (Fsp3) is 0.600. The molecule has 1 fully saturated rings. The van der Waals surface area contributed by atoms with Crippen LogP contribution in [0.4, 0.5) is 11.5 Å². The van der Waals surface area contributed by atoms with Gasteiger partial charge in [0, 0.05) is 19.1 Å². The lowest BCUT2D eigenvalue weighted by atomic mass is 9.75. The van der Waals surface area contributed by atoms with Crippen LogP contribution in [0.5, 0.6) is 0 Å². The van der Waals surface area contributed by atoms with Gasteiger partial charge in [0.1, 0.15) is 0 Å². The highest BCUT2D eigenvalue weighted by atomic mass is 16.5. The van der Waals surface area contributed by atoms with Crippen molar-refractivity contribution in [2.45, 2.75) is 24.8 Å². The Morgan fingerprint density at radius 3 is 2.52 bits per heavy atom. The number of anilines is 2. The molecule has 0 unspecified atom stereocenters. The molecule has 0 bridgehead atoms. The number of carbonyl (C=O) groups is 1. The molecule has 6 nitrogen and oxygen atoms in total. The molecule has 1 aliphatic carbocycles. The van der Waals surface area contributed by atoms with E-state index in [0.717, 1.165) is 6.54 Å². The number of methoxy groups -OCH3 is 1. The SMILES string of the molecule is COC(=O)c1ccc(N)c(N(C)CC2(N(C)C)CCC2)n1. The third kappa shape index (κ3) is 2.95. The van der Waals surface area contributed by atoms with Crippen LogP contribution in [-0.2, 0) is 4.74 Å². The van der Waals surface area contributed by atoms with Crippen LogP contribution >= 0.6 is 0 Å². The van der Waals surface area contributed by atoms with E-state index in [1.165, 1.54) is 26.4 Å². The lowest BCUT2D eigenvalue weighted by Crippen LogP contribution is -2.57. The molecule has 1 heterocycles. The first-order valence-electron chi connectivity index (χ1n) is 7.13. The Bertz CT molecular complexity index is 526. The molecular formula is C15H24N4O2. The van der Waals surface area contributed by atoms with Crippen LogP contribution in [0.25, 0.3) is 0 Å². The zero-order valence-electron chi connectivity index (χ0n) is 13.2. The van der Waals surface area contributed by atoms with E-state index in [2.05, 4.69) is 24.0 Å². The van der Waals surface area contributed by atoms with Gasteiger partial charge in [-0.15, -0.1) is 0 Å². The second-order valence-corrected chi connectivity index (χ2v) is 5.93. The maximum atomic E-state index is 11.6. The molecule has 0 atom stereocenters. The summed E-state index contributed by atoms with van der Waals surface area (Å²) in [6.45, 7) is 0.835. The van der Waals surface area contributed by atoms with Crippen molar-refractivity contribution in [1.29, 1.82) is 0 Å². The minimum atomic E-state index is -0.449. The molecule has 2 N–H and O–H groups in total. The number of ether oxygens (including phenoxy) is 1. The van der Waals surface area contributed by atoms with Crippen molar-refractivity contribution in [3.63, 3.8) is 0 Å². The summed E-state index contributed by atoms with van der Waals surface area (Å²) in [4.78, 5) is 20.3. The zero-order valence-corrected chi connectivity index (χ0v) is 13.2. The van der Waals surface area contributed by atoms with Crippen LogP contribution in [0.3, 0.4) is 0 Å². The molecule has 0 aliphatic heterocycles. The molecule has 1 aromatic rings. The number of likely N-dealkylation sites (N-methyl/N-ethyl adjacent to an activating group) is 2. The van der Waals surface area contributed by atoms with Gasteiger partial charge in [0.15, 0.2) is 11.5 Å². The van der Waals surface area contributed by atoms with Gasteiger partial charge in [0.05, 0.1) is 12.8 Å². The first-order chi connectivity index (χ1) is 9.89. The van der Waals surface area contributed by atoms with E-state index in [-0.39, 0.29) is 11.2 Å². The molecule has 2 rings (SSSR count). The third-order valence-corrected chi connectivity index (χ3v) is 4.43. The number of carbonyl (C=O) groups excluding carboxylic acids is 1. The van der Waals surface area contributed by atoms with Crippen LogP contribution in [0.1, 0.15) is 29.8 Å². The fourth-order valence-electron chi connectivity index (χ4n) is 2.83. The molecule has 0 aromatic carbocycles. The highest BCUT2D eigenvalue weighted by Gasteiger charge is 2.40. The van der Waals surface area contributed by atoms with Crippen molar-refractivity contribution in [2.24, 2.45) is 0 Å². The number of hydrogen-bond donors (Lipinski definition) is 1. The van der Waals surface area contributed by atoms with Gasteiger partial charge >= 0.3 is 5.97 Å². The number of aromatic nitrogens is 1. The predicted octanol–water partition coefficient (Wildman–Crippen LogP) is 1.37. The molecule has 116 valence electrons. The topological polar surface area (TPSA) is 71.7 Å². The number of pyridine rings is 1. The van der Waals surface area contributed by atoms with E-state index < -0.39 is 5.97 Å². The summed E-state index contributed by atoms with van der Waals surface area (Å²) >= 11 is 0. The molecular weight excluding hydrogens is 268 g/mol. The summed E-state index contributed by atoms with van der Waals surface area (Å²) < 4.78 is 4.71. The van der Waals surface area contributed by atoms with Gasteiger partial charge in [-0.1, -0.05) is 0 Å². The molecule has 0 saturated heterocycles. The Morgan fingerprint density at radius 1 is 1.38 bits per heavy atom. The Morgan fingerprint density at radius 2 is 2.05 bits per heavy atom. The normalized spacial score (nSPS) is 16.4. The summed E-state index contributed by atoms with van der Waals surface area (Å²) in [5.74, 6) is 0.182. The maximum Gasteiger partial charge on any atom is 0.356 e. The lowest BCUT2D eigenvalue weighted by molar-refractivity contribution is 0.0594. The number of hydrogen-bond acceptors (Lipinski definition) is 6. The van der Waals surface area contributed by atoms with Gasteiger partial charge in [-0.2, -0.15) is 0 Å². The summed E-state index contributed by atoms with van der Waals surface area (Å²) in [6.07, 6.45) is 3.58. The molecule has 1 saturated carbocycles. The summed E-state index contributed by atoms with van der Waals surface area (Å²) in [5.41, 5.74) is 7.03. The average Bonchev–Trinajstić information content (AvgIpc) is 2.41. The number of esters is 1. The van der Waals surface area contributed by atoms with E-state index in [0.29, 0.717) is 11.5 Å². The van der Waals surface area contributed by atoms with Crippen LogP contribution in [0.15, 0.2) is 12.1 Å². The van der Waals surface area contributed by atoms with Gasteiger partial charge in [-0.05, 0) is 45.5 Å². The second kappa shape index (κ2) is 5.89. The van der Waals surface area contributed by atoms with E-state index in [1.807, 2.05) is 11.9 Å². The van der Waals surface area contributed by atoms with Gasteiger partial charge in [0.2, 0.25) is 0 Å². The van der Waals surface area contributed by atoms with Gasteiger partial charge in [0.25, 0.3) is 0 Å². The summed E-state index contributed by atoms with van der Waals surface area (Å²) in [5, 5.41) is 0. The Labute approximate surface area is 125 Å². The predicted molar refractivity (Wildman–Crippen MR) is 83.5 cm³/mol. The number of nitrogen functional groups attached to an aromatic ring is 1. The van der Waals surface area contributed by atoms with Crippen LogP contribution < -0.4 is 10.6 Å². The Kier molecular flexibility index (Phi) is 4.37. The number of nitrogens with two attached hydrogens (primary N) is 1. The van der Waals surface area contributed by atoms with Gasteiger partial charge in [-0.25, -0.2) is 9.78 Å². The first-order valence-corrected chi connectivity index (χ1v) is 7.13. The van der Waals surface area contributed by atoms with Crippen LogP contribution in [-0.4, -0.2) is 56.2 Å². The molecule has 0 spiro atoms. The summed E-state index contributed by atoms with van der Waals surface area (Å²) in [7, 11) is 7.52. The van der Waals surface area contributed by atoms with E-state index in [4.69, 9.17) is 10.5 Å². The van der Waals surface area contributed by atoms with Crippen molar-refractivity contribution < 1.29 is 9.53 Å². The highest BCUT2D eigenvalue weighted by molar-refractivity contribution is 5.88. The summed E-state index contributed by atoms with van der Waals surface area (Å²) in [6, 6.07) is 3.29. The minimum absolute atomic E-state index is 0.171. The molecule has 1 aliphatic rings. The fourth-order valence-corrected chi connectivity index (χ4v) is 2.83. The maximum absolute atomic E-state index is 11.6. The highest BCUT2D eigenvalue weighted by Crippen LogP contribution is 2.37. The zero-order chi connectivity index (χ0) is 15.6. The van der Waals surface area contributed by atoms with Crippen molar-refractivity contribution in [1.82, 2.24) is 9.88 Å². The number of nitrogens with zero attached hydrogens (tertiary/aromatic N) is 3. The average molecular weight is 292 g/mol. The van der Waals surface area contributed by atoms with Gasteiger partial charge < -0.3 is 20.3 Å².